The molecule has 0 bridgehead atoms. The van der Waals surface area contributed by atoms with Gasteiger partial charge in [-0.15, -0.1) is 0 Å². The van der Waals surface area contributed by atoms with Crippen LogP contribution in [0.4, 0.5) is 18.9 Å². The van der Waals surface area contributed by atoms with Crippen LogP contribution in [0.2, 0.25) is 0 Å². The molecular formula is C16H16F3NO. The number of hydrogen-bond donors (Lipinski definition) is 2. The molecule has 0 atom stereocenters. The van der Waals surface area contributed by atoms with E-state index in [0.717, 1.165) is 17.7 Å². The fourth-order valence-electron chi connectivity index (χ4n) is 2.08. The lowest BCUT2D eigenvalue weighted by molar-refractivity contribution is -0.137. The molecule has 2 aromatic rings. The van der Waals surface area contributed by atoms with Crippen molar-refractivity contribution in [3.8, 4) is 5.75 Å². The van der Waals surface area contributed by atoms with Gasteiger partial charge >= 0.3 is 6.18 Å². The Labute approximate surface area is 121 Å². The van der Waals surface area contributed by atoms with E-state index in [-0.39, 0.29) is 12.3 Å². The van der Waals surface area contributed by atoms with Gasteiger partial charge in [-0.3, -0.25) is 0 Å². The fraction of sp³-hybridized carbons (Fsp3) is 0.250. The molecule has 0 aliphatic heterocycles. The SMILES string of the molecule is Cc1ccc(NCc2cccc(C(F)(F)F)c2)c(C)c1O. The molecule has 0 unspecified atom stereocenters. The second kappa shape index (κ2) is 5.68. The van der Waals surface area contributed by atoms with Crippen LogP contribution in [0, 0.1) is 13.8 Å². The third-order valence-electron chi connectivity index (χ3n) is 3.37. The van der Waals surface area contributed by atoms with Gasteiger partial charge in [0.2, 0.25) is 0 Å². The molecule has 0 heterocycles. The number of nitrogens with one attached hydrogen (secondary N) is 1. The number of anilines is 1. The number of phenolic OH excluding ortho intramolecular Hbond substituents is 1. The maximum Gasteiger partial charge on any atom is 0.416 e. The van der Waals surface area contributed by atoms with Crippen LogP contribution in [0.25, 0.3) is 0 Å². The number of aromatic hydroxyl groups is 1. The lowest BCUT2D eigenvalue weighted by atomic mass is 10.1. The summed E-state index contributed by atoms with van der Waals surface area (Å²) in [5.41, 5.74) is 2.02. The quantitative estimate of drug-likeness (QED) is 0.864. The molecule has 5 heteroatoms. The van der Waals surface area contributed by atoms with Gasteiger partial charge < -0.3 is 10.4 Å². The molecule has 2 rings (SSSR count). The summed E-state index contributed by atoms with van der Waals surface area (Å²) >= 11 is 0. The zero-order valence-corrected chi connectivity index (χ0v) is 11.8. The van der Waals surface area contributed by atoms with Crippen LogP contribution in [0.1, 0.15) is 22.3 Å². The Bertz CT molecular complexity index is 650. The number of halogens is 3. The molecule has 0 saturated carbocycles. The number of hydrogen-bond acceptors (Lipinski definition) is 2. The molecule has 21 heavy (non-hydrogen) atoms. The first-order valence-electron chi connectivity index (χ1n) is 6.48. The van der Waals surface area contributed by atoms with Gasteiger partial charge in [-0.2, -0.15) is 13.2 Å². The molecule has 0 radical (unpaired) electrons. The Morgan fingerprint density at radius 1 is 1.10 bits per heavy atom. The van der Waals surface area contributed by atoms with Gasteiger partial charge in [-0.25, -0.2) is 0 Å². The largest absolute Gasteiger partial charge is 0.507 e. The van der Waals surface area contributed by atoms with Gasteiger partial charge in [-0.05, 0) is 43.2 Å². The van der Waals surface area contributed by atoms with Crippen molar-refractivity contribution in [2.24, 2.45) is 0 Å². The highest BCUT2D eigenvalue weighted by Crippen LogP contribution is 2.31. The summed E-state index contributed by atoms with van der Waals surface area (Å²) in [6.07, 6.45) is -4.34. The summed E-state index contributed by atoms with van der Waals surface area (Å²) in [5, 5.41) is 12.9. The molecular weight excluding hydrogens is 279 g/mol. The standard InChI is InChI=1S/C16H16F3NO/c1-10-6-7-14(11(2)15(10)21)20-9-12-4-3-5-13(8-12)16(17,18)19/h3-8,20-21H,9H2,1-2H3. The zero-order chi connectivity index (χ0) is 15.6. The van der Waals surface area contributed by atoms with Crippen LogP contribution in [-0.4, -0.2) is 5.11 Å². The van der Waals surface area contributed by atoms with E-state index >= 15 is 0 Å². The van der Waals surface area contributed by atoms with Crippen LogP contribution in [0.3, 0.4) is 0 Å². The summed E-state index contributed by atoms with van der Waals surface area (Å²) in [4.78, 5) is 0. The number of aryl methyl sites for hydroxylation is 1. The molecule has 0 aliphatic carbocycles. The second-order valence-corrected chi connectivity index (χ2v) is 4.96. The van der Waals surface area contributed by atoms with Crippen molar-refractivity contribution < 1.29 is 18.3 Å². The van der Waals surface area contributed by atoms with E-state index in [9.17, 15) is 18.3 Å². The first kappa shape index (κ1) is 15.2. The van der Waals surface area contributed by atoms with Gasteiger partial charge in [0.05, 0.1) is 5.56 Å². The zero-order valence-electron chi connectivity index (χ0n) is 11.8. The lowest BCUT2D eigenvalue weighted by Gasteiger charge is -2.13. The molecule has 0 fully saturated rings. The normalized spacial score (nSPS) is 11.5. The minimum Gasteiger partial charge on any atom is -0.507 e. The van der Waals surface area contributed by atoms with Crippen molar-refractivity contribution in [3.05, 3.63) is 58.7 Å². The Hall–Kier alpha value is -2.17. The molecule has 2 aromatic carbocycles. The maximum atomic E-state index is 12.6. The number of benzene rings is 2. The van der Waals surface area contributed by atoms with Gasteiger partial charge in [-0.1, -0.05) is 18.2 Å². The van der Waals surface area contributed by atoms with Crippen molar-refractivity contribution in [1.29, 1.82) is 0 Å². The van der Waals surface area contributed by atoms with Gasteiger partial charge in [0.1, 0.15) is 5.75 Å². The first-order valence-corrected chi connectivity index (χ1v) is 6.48. The monoisotopic (exact) mass is 295 g/mol. The van der Waals surface area contributed by atoms with Crippen LogP contribution >= 0.6 is 0 Å². The van der Waals surface area contributed by atoms with Crippen LogP contribution in [-0.2, 0) is 12.7 Å². The average Bonchev–Trinajstić information content (AvgIpc) is 2.43. The van der Waals surface area contributed by atoms with Crippen LogP contribution in [0.15, 0.2) is 36.4 Å². The van der Waals surface area contributed by atoms with E-state index in [1.807, 2.05) is 0 Å². The topological polar surface area (TPSA) is 32.3 Å². The van der Waals surface area contributed by atoms with Crippen molar-refractivity contribution >= 4 is 5.69 Å². The predicted molar refractivity (Wildman–Crippen MR) is 76.4 cm³/mol. The fourth-order valence-corrected chi connectivity index (χ4v) is 2.08. The Balaban J connectivity index is 2.16. The van der Waals surface area contributed by atoms with E-state index in [2.05, 4.69) is 5.32 Å². The Morgan fingerprint density at radius 3 is 2.48 bits per heavy atom. The molecule has 0 aliphatic rings. The molecule has 0 aromatic heterocycles. The number of phenols is 1. The third kappa shape index (κ3) is 3.48. The molecule has 2 N–H and O–H groups in total. The summed E-state index contributed by atoms with van der Waals surface area (Å²) in [6, 6.07) is 8.75. The predicted octanol–water partition coefficient (Wildman–Crippen LogP) is 4.64. The van der Waals surface area contributed by atoms with E-state index in [1.165, 1.54) is 6.07 Å². The summed E-state index contributed by atoms with van der Waals surface area (Å²) in [7, 11) is 0. The highest BCUT2D eigenvalue weighted by atomic mass is 19.4. The van der Waals surface area contributed by atoms with Crippen molar-refractivity contribution in [2.75, 3.05) is 5.32 Å². The Kier molecular flexibility index (Phi) is 4.11. The minimum absolute atomic E-state index is 0.198. The second-order valence-electron chi connectivity index (χ2n) is 4.96. The molecule has 2 nitrogen and oxygen atoms in total. The minimum atomic E-state index is -4.34. The molecule has 112 valence electrons. The van der Waals surface area contributed by atoms with E-state index in [1.54, 1.807) is 32.0 Å². The van der Waals surface area contributed by atoms with Crippen LogP contribution in [0.5, 0.6) is 5.75 Å². The van der Waals surface area contributed by atoms with Gasteiger partial charge in [0.25, 0.3) is 0 Å². The summed E-state index contributed by atoms with van der Waals surface area (Å²) < 4.78 is 37.9. The lowest BCUT2D eigenvalue weighted by Crippen LogP contribution is -2.07. The number of rotatable bonds is 3. The molecule has 0 saturated heterocycles. The maximum absolute atomic E-state index is 12.6. The number of alkyl halides is 3. The Morgan fingerprint density at radius 2 is 1.81 bits per heavy atom. The van der Waals surface area contributed by atoms with Crippen LogP contribution < -0.4 is 5.32 Å². The summed E-state index contributed by atoms with van der Waals surface area (Å²) in [6.45, 7) is 3.81. The summed E-state index contributed by atoms with van der Waals surface area (Å²) in [5.74, 6) is 0.198. The van der Waals surface area contributed by atoms with E-state index in [0.29, 0.717) is 16.8 Å². The third-order valence-corrected chi connectivity index (χ3v) is 3.37. The van der Waals surface area contributed by atoms with Gasteiger partial charge in [0, 0.05) is 17.8 Å². The first-order chi connectivity index (χ1) is 9.79. The van der Waals surface area contributed by atoms with Crippen molar-refractivity contribution in [2.45, 2.75) is 26.6 Å². The molecule has 0 amide bonds. The highest BCUT2D eigenvalue weighted by Gasteiger charge is 2.30. The average molecular weight is 295 g/mol. The van der Waals surface area contributed by atoms with E-state index < -0.39 is 11.7 Å². The van der Waals surface area contributed by atoms with Gasteiger partial charge in [0.15, 0.2) is 0 Å². The van der Waals surface area contributed by atoms with E-state index in [4.69, 9.17) is 0 Å². The van der Waals surface area contributed by atoms with Crippen molar-refractivity contribution in [1.82, 2.24) is 0 Å². The molecule has 0 spiro atoms. The smallest absolute Gasteiger partial charge is 0.416 e. The van der Waals surface area contributed by atoms with Crippen molar-refractivity contribution in [3.63, 3.8) is 0 Å². The highest BCUT2D eigenvalue weighted by molar-refractivity contribution is 5.59.